The van der Waals surface area contributed by atoms with E-state index in [1.54, 1.807) is 6.08 Å². The first-order chi connectivity index (χ1) is 6.41. The Balaban J connectivity index is 4.67. The van der Waals surface area contributed by atoms with Crippen molar-refractivity contribution in [2.75, 3.05) is 0 Å². The lowest BCUT2D eigenvalue weighted by atomic mass is 9.85. The highest BCUT2D eigenvalue weighted by Gasteiger charge is 2.28. The minimum atomic E-state index is -0.479. The summed E-state index contributed by atoms with van der Waals surface area (Å²) in [5.41, 5.74) is 0. The average molecular weight is 196 g/mol. The second-order valence-electron chi connectivity index (χ2n) is 4.19. The van der Waals surface area contributed by atoms with Gasteiger partial charge in [-0.1, -0.05) is 33.8 Å². The van der Waals surface area contributed by atoms with E-state index in [4.69, 9.17) is 0 Å². The van der Waals surface area contributed by atoms with Crippen LogP contribution in [0.4, 0.5) is 0 Å². The number of Topliss-reactive ketones (excluding diaryl/α,β-unsaturated/α-hetero) is 2. The van der Waals surface area contributed by atoms with Crippen LogP contribution < -0.4 is 0 Å². The van der Waals surface area contributed by atoms with Gasteiger partial charge in [-0.05, 0) is 6.42 Å². The van der Waals surface area contributed by atoms with Gasteiger partial charge in [-0.3, -0.25) is 9.59 Å². The maximum absolute atomic E-state index is 11.7. The molecule has 0 atom stereocenters. The molecule has 0 aromatic rings. The summed E-state index contributed by atoms with van der Waals surface area (Å²) in [5.74, 6) is -0.579. The van der Waals surface area contributed by atoms with Crippen molar-refractivity contribution in [3.63, 3.8) is 0 Å². The molecular formula is C12H20O2. The SMILES string of the molecule is C=CCC(C(=O)C(C)C)C(=O)C(C)C. The molecule has 0 aliphatic heterocycles. The van der Waals surface area contributed by atoms with Gasteiger partial charge in [-0.15, -0.1) is 6.58 Å². The van der Waals surface area contributed by atoms with Crippen LogP contribution in [0.2, 0.25) is 0 Å². The second-order valence-corrected chi connectivity index (χ2v) is 4.19. The second kappa shape index (κ2) is 5.74. The molecule has 0 aliphatic rings. The molecule has 0 aromatic heterocycles. The Morgan fingerprint density at radius 3 is 1.64 bits per heavy atom. The summed E-state index contributed by atoms with van der Waals surface area (Å²) in [6.45, 7) is 10.9. The van der Waals surface area contributed by atoms with E-state index in [0.717, 1.165) is 0 Å². The third-order valence-electron chi connectivity index (χ3n) is 2.23. The van der Waals surface area contributed by atoms with Crippen LogP contribution in [0.25, 0.3) is 0 Å². The molecule has 2 nitrogen and oxygen atoms in total. The van der Waals surface area contributed by atoms with E-state index in [9.17, 15) is 9.59 Å². The van der Waals surface area contributed by atoms with Crippen molar-refractivity contribution in [2.24, 2.45) is 17.8 Å². The van der Waals surface area contributed by atoms with Gasteiger partial charge in [0.15, 0.2) is 0 Å². The monoisotopic (exact) mass is 196 g/mol. The zero-order valence-corrected chi connectivity index (χ0v) is 9.54. The Morgan fingerprint density at radius 1 is 1.07 bits per heavy atom. The maximum Gasteiger partial charge on any atom is 0.146 e. The molecule has 14 heavy (non-hydrogen) atoms. The van der Waals surface area contributed by atoms with E-state index in [0.29, 0.717) is 6.42 Å². The van der Waals surface area contributed by atoms with E-state index in [-0.39, 0.29) is 23.4 Å². The number of ketones is 2. The van der Waals surface area contributed by atoms with Crippen molar-refractivity contribution in [3.8, 4) is 0 Å². The zero-order chi connectivity index (χ0) is 11.3. The van der Waals surface area contributed by atoms with E-state index >= 15 is 0 Å². The first-order valence-corrected chi connectivity index (χ1v) is 5.10. The van der Waals surface area contributed by atoms with Crippen LogP contribution in [-0.4, -0.2) is 11.6 Å². The number of carbonyl (C=O) groups excluding carboxylic acids is 2. The van der Waals surface area contributed by atoms with Crippen LogP contribution in [0, 0.1) is 17.8 Å². The summed E-state index contributed by atoms with van der Waals surface area (Å²) in [4.78, 5) is 23.4. The van der Waals surface area contributed by atoms with Crippen molar-refractivity contribution < 1.29 is 9.59 Å². The van der Waals surface area contributed by atoms with Crippen molar-refractivity contribution in [1.29, 1.82) is 0 Å². The zero-order valence-electron chi connectivity index (χ0n) is 9.54. The van der Waals surface area contributed by atoms with Gasteiger partial charge in [-0.2, -0.15) is 0 Å². The molecule has 0 saturated carbocycles. The number of hydrogen-bond acceptors (Lipinski definition) is 2. The highest BCUT2D eigenvalue weighted by atomic mass is 16.2. The van der Waals surface area contributed by atoms with Crippen LogP contribution in [-0.2, 0) is 9.59 Å². The Morgan fingerprint density at radius 2 is 1.43 bits per heavy atom. The van der Waals surface area contributed by atoms with Gasteiger partial charge in [-0.25, -0.2) is 0 Å². The lowest BCUT2D eigenvalue weighted by molar-refractivity contribution is -0.136. The first-order valence-electron chi connectivity index (χ1n) is 5.10. The van der Waals surface area contributed by atoms with Gasteiger partial charge >= 0.3 is 0 Å². The lowest BCUT2D eigenvalue weighted by Gasteiger charge is -2.17. The molecule has 0 unspecified atom stereocenters. The fourth-order valence-corrected chi connectivity index (χ4v) is 1.34. The van der Waals surface area contributed by atoms with Crippen molar-refractivity contribution in [2.45, 2.75) is 34.1 Å². The Bertz CT molecular complexity index is 206. The lowest BCUT2D eigenvalue weighted by Crippen LogP contribution is -2.30. The number of hydrogen-bond donors (Lipinski definition) is 0. The predicted octanol–water partition coefficient (Wildman–Crippen LogP) is 2.63. The number of rotatable bonds is 6. The molecule has 80 valence electrons. The summed E-state index contributed by atoms with van der Waals surface area (Å²) >= 11 is 0. The van der Waals surface area contributed by atoms with Crippen molar-refractivity contribution in [1.82, 2.24) is 0 Å². The van der Waals surface area contributed by atoms with Crippen molar-refractivity contribution >= 4 is 11.6 Å². The van der Waals surface area contributed by atoms with E-state index in [1.165, 1.54) is 0 Å². The molecule has 0 N–H and O–H groups in total. The quantitative estimate of drug-likeness (QED) is 0.483. The summed E-state index contributed by atoms with van der Waals surface area (Å²) < 4.78 is 0. The summed E-state index contributed by atoms with van der Waals surface area (Å²) in [5, 5.41) is 0. The molecular weight excluding hydrogens is 176 g/mol. The average Bonchev–Trinajstić information content (AvgIpc) is 2.11. The molecule has 0 aliphatic carbocycles. The Kier molecular flexibility index (Phi) is 5.36. The molecule has 0 rings (SSSR count). The molecule has 0 amide bonds. The molecule has 0 aromatic carbocycles. The normalized spacial score (nSPS) is 11.1. The molecule has 0 fully saturated rings. The highest BCUT2D eigenvalue weighted by Crippen LogP contribution is 2.17. The third-order valence-corrected chi connectivity index (χ3v) is 2.23. The minimum absolute atomic E-state index is 0.0311. The van der Waals surface area contributed by atoms with Gasteiger partial charge in [0.05, 0.1) is 5.92 Å². The minimum Gasteiger partial charge on any atom is -0.299 e. The van der Waals surface area contributed by atoms with E-state index in [2.05, 4.69) is 6.58 Å². The van der Waals surface area contributed by atoms with Crippen molar-refractivity contribution in [3.05, 3.63) is 12.7 Å². The first kappa shape index (κ1) is 13.1. The summed E-state index contributed by atoms with van der Waals surface area (Å²) in [6, 6.07) is 0. The molecule has 0 bridgehead atoms. The molecule has 2 heteroatoms. The summed E-state index contributed by atoms with van der Waals surface area (Å²) in [7, 11) is 0. The van der Waals surface area contributed by atoms with Gasteiger partial charge in [0.25, 0.3) is 0 Å². The number of allylic oxidation sites excluding steroid dienone is 1. The van der Waals surface area contributed by atoms with Crippen LogP contribution in [0.1, 0.15) is 34.1 Å². The maximum atomic E-state index is 11.7. The molecule has 0 saturated heterocycles. The predicted molar refractivity (Wildman–Crippen MR) is 58.0 cm³/mol. The Hall–Kier alpha value is -0.920. The molecule has 0 spiro atoms. The summed E-state index contributed by atoms with van der Waals surface area (Å²) in [6.07, 6.45) is 2.11. The standard InChI is InChI=1S/C12H20O2/c1-6-7-10(11(13)8(2)3)12(14)9(4)5/h6,8-10H,1,7H2,2-5H3. The van der Waals surface area contributed by atoms with E-state index < -0.39 is 5.92 Å². The fourth-order valence-electron chi connectivity index (χ4n) is 1.34. The van der Waals surface area contributed by atoms with Gasteiger partial charge in [0.2, 0.25) is 0 Å². The number of carbonyl (C=O) groups is 2. The third kappa shape index (κ3) is 3.44. The van der Waals surface area contributed by atoms with E-state index in [1.807, 2.05) is 27.7 Å². The van der Waals surface area contributed by atoms with Crippen LogP contribution in [0.15, 0.2) is 12.7 Å². The topological polar surface area (TPSA) is 34.1 Å². The molecule has 0 radical (unpaired) electrons. The van der Waals surface area contributed by atoms with Crippen LogP contribution >= 0.6 is 0 Å². The molecule has 0 heterocycles. The van der Waals surface area contributed by atoms with Gasteiger partial charge in [0, 0.05) is 11.8 Å². The van der Waals surface area contributed by atoms with Gasteiger partial charge in [0.1, 0.15) is 11.6 Å². The fraction of sp³-hybridized carbons (Fsp3) is 0.667. The van der Waals surface area contributed by atoms with Crippen LogP contribution in [0.5, 0.6) is 0 Å². The van der Waals surface area contributed by atoms with Gasteiger partial charge < -0.3 is 0 Å². The Labute approximate surface area is 86.4 Å². The largest absolute Gasteiger partial charge is 0.299 e. The van der Waals surface area contributed by atoms with Crippen LogP contribution in [0.3, 0.4) is 0 Å². The highest BCUT2D eigenvalue weighted by molar-refractivity contribution is 6.03. The smallest absolute Gasteiger partial charge is 0.146 e.